The molecule has 2 atom stereocenters. The summed E-state index contributed by atoms with van der Waals surface area (Å²) in [4.78, 5) is 0. The first-order valence-electron chi connectivity index (χ1n) is 10.5. The normalized spacial score (nSPS) is 14.0. The van der Waals surface area contributed by atoms with Crippen LogP contribution < -0.4 is 29.6 Å². The monoisotopic (exact) mass is 400 g/mol. The van der Waals surface area contributed by atoms with E-state index < -0.39 is 21.5 Å². The Morgan fingerprint density at radius 2 is 1.15 bits per heavy atom. The third-order valence-corrected chi connectivity index (χ3v) is 6.21. The number of hydrogen-bond donors (Lipinski definition) is 1. The molecule has 0 aliphatic rings. The number of unbranched alkanes of at least 4 members (excludes halogenated alkanes) is 11. The molecule has 0 amide bonds. The van der Waals surface area contributed by atoms with Crippen LogP contribution in [0.1, 0.15) is 117 Å². The summed E-state index contributed by atoms with van der Waals surface area (Å²) in [7, 11) is -4.30. The summed E-state index contributed by atoms with van der Waals surface area (Å²) in [6.07, 6.45) is 15.8. The number of aliphatic hydroxyl groups is 1. The summed E-state index contributed by atoms with van der Waals surface area (Å²) in [5.74, 6) is 0. The van der Waals surface area contributed by atoms with E-state index in [4.69, 9.17) is 0 Å². The summed E-state index contributed by atoms with van der Waals surface area (Å²) in [5.41, 5.74) is 0. The first kappa shape index (κ1) is 29.1. The SMILES string of the molecule is CCCCCCCCCCCCCC(O)CC(CCCC)S(=O)(=O)[O-].[Na+]. The summed E-state index contributed by atoms with van der Waals surface area (Å²) < 4.78 is 33.8. The van der Waals surface area contributed by atoms with E-state index in [1.54, 1.807) is 0 Å². The molecule has 0 heterocycles. The third-order valence-electron chi connectivity index (χ3n) is 4.96. The van der Waals surface area contributed by atoms with E-state index in [2.05, 4.69) is 6.92 Å². The molecule has 0 aromatic rings. The van der Waals surface area contributed by atoms with E-state index >= 15 is 0 Å². The summed E-state index contributed by atoms with van der Waals surface area (Å²) in [6, 6.07) is 0. The molecule has 2 unspecified atom stereocenters. The Balaban J connectivity index is 0. The van der Waals surface area contributed by atoms with Gasteiger partial charge in [0.15, 0.2) is 0 Å². The standard InChI is InChI=1S/C20H42O4S.Na/c1-3-5-7-8-9-10-11-12-13-14-15-16-19(21)18-20(17-6-4-2)25(22,23)24;/h19-21H,3-18H2,1-2H3,(H,22,23,24);/q;+1/p-1. The molecule has 0 spiro atoms. The fourth-order valence-electron chi connectivity index (χ4n) is 3.28. The Bertz CT molecular complexity index is 387. The second kappa shape index (κ2) is 19.2. The molecule has 0 saturated carbocycles. The van der Waals surface area contributed by atoms with Gasteiger partial charge in [-0.05, 0) is 19.3 Å². The molecule has 0 saturated heterocycles. The van der Waals surface area contributed by atoms with Gasteiger partial charge in [0.25, 0.3) is 0 Å². The molecule has 0 fully saturated rings. The fraction of sp³-hybridized carbons (Fsp3) is 1.00. The number of rotatable bonds is 18. The van der Waals surface area contributed by atoms with Crippen molar-refractivity contribution in [3.05, 3.63) is 0 Å². The Hall–Kier alpha value is 0.870. The van der Waals surface area contributed by atoms with Crippen LogP contribution in [0.15, 0.2) is 0 Å². The minimum atomic E-state index is -4.30. The van der Waals surface area contributed by atoms with Crippen molar-refractivity contribution in [2.24, 2.45) is 0 Å². The average molecular weight is 401 g/mol. The van der Waals surface area contributed by atoms with Crippen molar-refractivity contribution < 1.29 is 47.6 Å². The van der Waals surface area contributed by atoms with Gasteiger partial charge in [0, 0.05) is 0 Å². The van der Waals surface area contributed by atoms with Crippen LogP contribution in [0.25, 0.3) is 0 Å². The molecule has 0 bridgehead atoms. The van der Waals surface area contributed by atoms with Gasteiger partial charge < -0.3 is 9.66 Å². The maximum atomic E-state index is 11.3. The average Bonchev–Trinajstić information content (AvgIpc) is 2.55. The van der Waals surface area contributed by atoms with Crippen molar-refractivity contribution in [1.82, 2.24) is 0 Å². The van der Waals surface area contributed by atoms with Crippen molar-refractivity contribution in [2.45, 2.75) is 128 Å². The van der Waals surface area contributed by atoms with Gasteiger partial charge in [-0.15, -0.1) is 0 Å². The minimum absolute atomic E-state index is 0. The van der Waals surface area contributed by atoms with Gasteiger partial charge in [-0.25, -0.2) is 8.42 Å². The quantitative estimate of drug-likeness (QED) is 0.218. The summed E-state index contributed by atoms with van der Waals surface area (Å²) >= 11 is 0. The van der Waals surface area contributed by atoms with Crippen molar-refractivity contribution in [3.8, 4) is 0 Å². The molecule has 4 nitrogen and oxygen atoms in total. The van der Waals surface area contributed by atoms with Crippen molar-refractivity contribution in [1.29, 1.82) is 0 Å². The van der Waals surface area contributed by atoms with E-state index in [1.165, 1.54) is 57.8 Å². The van der Waals surface area contributed by atoms with Crippen molar-refractivity contribution in [2.75, 3.05) is 0 Å². The van der Waals surface area contributed by atoms with Crippen LogP contribution >= 0.6 is 0 Å². The van der Waals surface area contributed by atoms with Crippen molar-refractivity contribution in [3.63, 3.8) is 0 Å². The molecule has 6 heteroatoms. The zero-order valence-electron chi connectivity index (χ0n) is 17.5. The Morgan fingerprint density at radius 1 is 0.731 bits per heavy atom. The maximum Gasteiger partial charge on any atom is 1.00 e. The van der Waals surface area contributed by atoms with Gasteiger partial charge in [-0.2, -0.15) is 0 Å². The molecule has 0 rings (SSSR count). The Kier molecular flexibility index (Phi) is 21.5. The molecule has 26 heavy (non-hydrogen) atoms. The molecular formula is C20H41NaO4S. The molecule has 0 aromatic heterocycles. The topological polar surface area (TPSA) is 77.4 Å². The molecule has 0 aromatic carbocycles. The second-order valence-electron chi connectivity index (χ2n) is 7.47. The first-order valence-corrected chi connectivity index (χ1v) is 12.0. The third kappa shape index (κ3) is 18.2. The van der Waals surface area contributed by atoms with Crippen LogP contribution in [0.4, 0.5) is 0 Å². The van der Waals surface area contributed by atoms with Gasteiger partial charge in [0.2, 0.25) is 0 Å². The van der Waals surface area contributed by atoms with Crippen LogP contribution in [0.3, 0.4) is 0 Å². The van der Waals surface area contributed by atoms with E-state index in [0.29, 0.717) is 12.8 Å². The van der Waals surface area contributed by atoms with Crippen molar-refractivity contribution >= 4 is 10.1 Å². The van der Waals surface area contributed by atoms with Crippen LogP contribution in [-0.2, 0) is 10.1 Å². The van der Waals surface area contributed by atoms with Crippen LogP contribution in [0, 0.1) is 0 Å². The summed E-state index contributed by atoms with van der Waals surface area (Å²) in [5, 5.41) is 9.10. The predicted octanol–water partition coefficient (Wildman–Crippen LogP) is 2.55. The molecule has 0 aliphatic carbocycles. The first-order chi connectivity index (χ1) is 11.9. The van der Waals surface area contributed by atoms with Crippen LogP contribution in [0.5, 0.6) is 0 Å². The van der Waals surface area contributed by atoms with E-state index in [1.807, 2.05) is 6.92 Å². The van der Waals surface area contributed by atoms with Gasteiger partial charge in [0.1, 0.15) is 0 Å². The molecule has 152 valence electrons. The van der Waals surface area contributed by atoms with Gasteiger partial charge in [0.05, 0.1) is 21.5 Å². The molecular weight excluding hydrogens is 359 g/mol. The van der Waals surface area contributed by atoms with Crippen LogP contribution in [0.2, 0.25) is 0 Å². The van der Waals surface area contributed by atoms with Crippen LogP contribution in [-0.4, -0.2) is 29.4 Å². The zero-order chi connectivity index (χ0) is 19.0. The molecule has 0 radical (unpaired) electrons. The van der Waals surface area contributed by atoms with E-state index in [9.17, 15) is 18.1 Å². The molecule has 0 aliphatic heterocycles. The maximum absolute atomic E-state index is 11.3. The Labute approximate surface area is 185 Å². The van der Waals surface area contributed by atoms with Gasteiger partial charge >= 0.3 is 29.6 Å². The predicted molar refractivity (Wildman–Crippen MR) is 105 cm³/mol. The zero-order valence-corrected chi connectivity index (χ0v) is 20.4. The minimum Gasteiger partial charge on any atom is -0.748 e. The second-order valence-corrected chi connectivity index (χ2v) is 9.12. The smallest absolute Gasteiger partial charge is 0.748 e. The van der Waals surface area contributed by atoms with Gasteiger partial charge in [-0.1, -0.05) is 97.3 Å². The fourth-order valence-corrected chi connectivity index (χ4v) is 4.19. The van der Waals surface area contributed by atoms with E-state index in [0.717, 1.165) is 25.7 Å². The largest absolute Gasteiger partial charge is 1.00 e. The van der Waals surface area contributed by atoms with Gasteiger partial charge in [-0.3, -0.25) is 0 Å². The number of aliphatic hydroxyl groups excluding tert-OH is 1. The Morgan fingerprint density at radius 3 is 1.58 bits per heavy atom. The summed E-state index contributed by atoms with van der Waals surface area (Å²) in [6.45, 7) is 4.21. The number of hydrogen-bond acceptors (Lipinski definition) is 4. The molecule has 1 N–H and O–H groups in total. The van der Waals surface area contributed by atoms with E-state index in [-0.39, 0.29) is 36.0 Å².